The van der Waals surface area contributed by atoms with Crippen molar-refractivity contribution in [3.8, 4) is 0 Å². The Morgan fingerprint density at radius 3 is 2.74 bits per heavy atom. The standard InChI is InChI=1S/C12H20N4O2S/c1-2-16(9-6-12(13)14)19(17,18)10-7-11-5-3-4-8-15-11/h3-5,8H,2,6-7,9-10H2,1H3,(H3,13,14). The summed E-state index contributed by atoms with van der Waals surface area (Å²) in [6.45, 7) is 2.42. The first kappa shape index (κ1) is 15.6. The van der Waals surface area contributed by atoms with E-state index in [2.05, 4.69) is 4.98 Å². The Morgan fingerprint density at radius 2 is 2.21 bits per heavy atom. The van der Waals surface area contributed by atoms with E-state index in [9.17, 15) is 8.42 Å². The minimum absolute atomic E-state index is 0.00150. The lowest BCUT2D eigenvalue weighted by atomic mass is 10.3. The molecular weight excluding hydrogens is 264 g/mol. The molecule has 0 aliphatic carbocycles. The Kier molecular flexibility index (Phi) is 5.91. The molecule has 1 aromatic heterocycles. The van der Waals surface area contributed by atoms with Crippen molar-refractivity contribution in [1.82, 2.24) is 9.29 Å². The number of nitrogens with two attached hydrogens (primary N) is 1. The van der Waals surface area contributed by atoms with E-state index in [4.69, 9.17) is 11.1 Å². The number of nitrogens with one attached hydrogen (secondary N) is 1. The first-order chi connectivity index (χ1) is 8.95. The molecule has 0 spiro atoms. The van der Waals surface area contributed by atoms with Gasteiger partial charge >= 0.3 is 0 Å². The van der Waals surface area contributed by atoms with E-state index in [0.717, 1.165) is 5.69 Å². The zero-order valence-electron chi connectivity index (χ0n) is 11.0. The lowest BCUT2D eigenvalue weighted by Gasteiger charge is -2.19. The van der Waals surface area contributed by atoms with Crippen LogP contribution in [0.1, 0.15) is 19.0 Å². The Morgan fingerprint density at radius 1 is 1.47 bits per heavy atom. The molecule has 0 aliphatic heterocycles. The third kappa shape index (κ3) is 5.35. The zero-order valence-corrected chi connectivity index (χ0v) is 11.9. The van der Waals surface area contributed by atoms with Gasteiger partial charge in [0, 0.05) is 37.8 Å². The van der Waals surface area contributed by atoms with Gasteiger partial charge in [-0.3, -0.25) is 10.4 Å². The van der Waals surface area contributed by atoms with Crippen molar-refractivity contribution in [2.24, 2.45) is 5.73 Å². The smallest absolute Gasteiger partial charge is 0.214 e. The highest BCUT2D eigenvalue weighted by Crippen LogP contribution is 2.06. The maximum atomic E-state index is 12.1. The van der Waals surface area contributed by atoms with Crippen LogP contribution in [-0.2, 0) is 16.4 Å². The van der Waals surface area contributed by atoms with E-state index >= 15 is 0 Å². The van der Waals surface area contributed by atoms with Crippen molar-refractivity contribution in [1.29, 1.82) is 5.41 Å². The van der Waals surface area contributed by atoms with Gasteiger partial charge in [0.2, 0.25) is 10.0 Å². The van der Waals surface area contributed by atoms with E-state index in [1.807, 2.05) is 6.07 Å². The molecule has 0 bridgehead atoms. The van der Waals surface area contributed by atoms with Crippen LogP contribution in [0.4, 0.5) is 0 Å². The molecule has 0 aromatic carbocycles. The maximum Gasteiger partial charge on any atom is 0.214 e. The first-order valence-corrected chi connectivity index (χ1v) is 7.77. The maximum absolute atomic E-state index is 12.1. The van der Waals surface area contributed by atoms with Crippen LogP contribution < -0.4 is 5.73 Å². The van der Waals surface area contributed by atoms with E-state index in [-0.39, 0.29) is 24.6 Å². The monoisotopic (exact) mass is 284 g/mol. The molecule has 0 atom stereocenters. The van der Waals surface area contributed by atoms with Crippen molar-refractivity contribution >= 4 is 15.9 Å². The van der Waals surface area contributed by atoms with Gasteiger partial charge in [-0.2, -0.15) is 0 Å². The normalized spacial score (nSPS) is 11.7. The van der Waals surface area contributed by atoms with Crippen LogP contribution in [0.2, 0.25) is 0 Å². The Balaban J connectivity index is 2.60. The number of sulfonamides is 1. The molecule has 0 fully saturated rings. The Labute approximate surface area is 114 Å². The first-order valence-electron chi connectivity index (χ1n) is 6.16. The summed E-state index contributed by atoms with van der Waals surface area (Å²) in [6.07, 6.45) is 2.30. The second kappa shape index (κ2) is 7.20. The van der Waals surface area contributed by atoms with Crippen LogP contribution >= 0.6 is 0 Å². The van der Waals surface area contributed by atoms with Gasteiger partial charge in [0.05, 0.1) is 11.6 Å². The molecule has 0 unspecified atom stereocenters. The van der Waals surface area contributed by atoms with Gasteiger partial charge in [-0.05, 0) is 12.1 Å². The van der Waals surface area contributed by atoms with E-state index in [0.29, 0.717) is 13.0 Å². The summed E-state index contributed by atoms with van der Waals surface area (Å²) in [5.41, 5.74) is 6.01. The Bertz CT molecular complexity index is 502. The summed E-state index contributed by atoms with van der Waals surface area (Å²) in [5, 5.41) is 7.15. The van der Waals surface area contributed by atoms with Crippen LogP contribution in [-0.4, -0.2) is 42.4 Å². The van der Waals surface area contributed by atoms with Crippen LogP contribution in [0.25, 0.3) is 0 Å². The predicted octanol–water partition coefficient (Wildman–Crippen LogP) is 0.602. The molecule has 0 saturated carbocycles. The third-order valence-corrected chi connectivity index (χ3v) is 4.67. The quantitative estimate of drug-likeness (QED) is 0.539. The lowest BCUT2D eigenvalue weighted by molar-refractivity contribution is 0.436. The van der Waals surface area contributed by atoms with Gasteiger partial charge in [-0.15, -0.1) is 0 Å². The molecule has 3 N–H and O–H groups in total. The number of amidine groups is 1. The fraction of sp³-hybridized carbons (Fsp3) is 0.500. The number of nitrogens with zero attached hydrogens (tertiary/aromatic N) is 2. The molecule has 106 valence electrons. The van der Waals surface area contributed by atoms with Gasteiger partial charge in [-0.25, -0.2) is 12.7 Å². The fourth-order valence-corrected chi connectivity index (χ4v) is 3.14. The topological polar surface area (TPSA) is 100 Å². The molecule has 0 amide bonds. The highest BCUT2D eigenvalue weighted by Gasteiger charge is 2.20. The molecule has 1 aromatic rings. The molecule has 0 radical (unpaired) electrons. The largest absolute Gasteiger partial charge is 0.388 e. The van der Waals surface area contributed by atoms with Gasteiger partial charge in [0.15, 0.2) is 0 Å². The van der Waals surface area contributed by atoms with Crippen LogP contribution in [0.5, 0.6) is 0 Å². The van der Waals surface area contributed by atoms with Gasteiger partial charge < -0.3 is 5.73 Å². The van der Waals surface area contributed by atoms with Crippen molar-refractivity contribution < 1.29 is 8.42 Å². The van der Waals surface area contributed by atoms with E-state index in [1.165, 1.54) is 4.31 Å². The van der Waals surface area contributed by atoms with Gasteiger partial charge in [0.25, 0.3) is 0 Å². The number of pyridine rings is 1. The minimum Gasteiger partial charge on any atom is -0.388 e. The molecule has 0 saturated heterocycles. The summed E-state index contributed by atoms with van der Waals surface area (Å²) in [4.78, 5) is 4.10. The lowest BCUT2D eigenvalue weighted by Crippen LogP contribution is -2.36. The van der Waals surface area contributed by atoms with Crippen molar-refractivity contribution in [3.63, 3.8) is 0 Å². The summed E-state index contributed by atoms with van der Waals surface area (Å²) in [6, 6.07) is 5.44. The van der Waals surface area contributed by atoms with Crippen molar-refractivity contribution in [3.05, 3.63) is 30.1 Å². The van der Waals surface area contributed by atoms with Crippen LogP contribution in [0, 0.1) is 5.41 Å². The molecule has 7 heteroatoms. The van der Waals surface area contributed by atoms with Crippen molar-refractivity contribution in [2.75, 3.05) is 18.8 Å². The van der Waals surface area contributed by atoms with Crippen LogP contribution in [0.15, 0.2) is 24.4 Å². The van der Waals surface area contributed by atoms with Crippen LogP contribution in [0.3, 0.4) is 0 Å². The predicted molar refractivity (Wildman–Crippen MR) is 75.5 cm³/mol. The van der Waals surface area contributed by atoms with Gasteiger partial charge in [0.1, 0.15) is 0 Å². The average Bonchev–Trinajstić information content (AvgIpc) is 2.38. The molecular formula is C12H20N4O2S. The number of aromatic nitrogens is 1. The molecule has 6 nitrogen and oxygen atoms in total. The van der Waals surface area contributed by atoms with E-state index in [1.54, 1.807) is 25.3 Å². The molecule has 1 rings (SSSR count). The second-order valence-electron chi connectivity index (χ2n) is 4.15. The summed E-state index contributed by atoms with van der Waals surface area (Å²) in [5.74, 6) is 0.0221. The molecule has 1 heterocycles. The Hall–Kier alpha value is -1.47. The van der Waals surface area contributed by atoms with Crippen molar-refractivity contribution in [2.45, 2.75) is 19.8 Å². The second-order valence-corrected chi connectivity index (χ2v) is 6.24. The number of hydrogen-bond acceptors (Lipinski definition) is 4. The number of hydrogen-bond donors (Lipinski definition) is 2. The molecule has 19 heavy (non-hydrogen) atoms. The summed E-state index contributed by atoms with van der Waals surface area (Å²) in [7, 11) is -3.33. The number of aryl methyl sites for hydroxylation is 1. The fourth-order valence-electron chi connectivity index (χ4n) is 1.65. The minimum atomic E-state index is -3.33. The van der Waals surface area contributed by atoms with Gasteiger partial charge in [-0.1, -0.05) is 13.0 Å². The average molecular weight is 284 g/mol. The highest BCUT2D eigenvalue weighted by molar-refractivity contribution is 7.89. The number of rotatable bonds is 8. The van der Waals surface area contributed by atoms with E-state index < -0.39 is 10.0 Å². The SMILES string of the molecule is CCN(CCC(=N)N)S(=O)(=O)CCc1ccccn1. The zero-order chi connectivity index (χ0) is 14.3. The summed E-state index contributed by atoms with van der Waals surface area (Å²) < 4.78 is 25.6. The summed E-state index contributed by atoms with van der Waals surface area (Å²) >= 11 is 0. The highest BCUT2D eigenvalue weighted by atomic mass is 32.2. The third-order valence-electron chi connectivity index (χ3n) is 2.72. The molecule has 0 aliphatic rings.